The Bertz CT molecular complexity index is 402. The maximum Gasteiger partial charge on any atom is 0.205 e. The van der Waals surface area contributed by atoms with Crippen LogP contribution in [0.4, 0.5) is 5.13 Å². The molecule has 1 aliphatic heterocycles. The van der Waals surface area contributed by atoms with E-state index in [0.29, 0.717) is 0 Å². The first-order valence-corrected chi connectivity index (χ1v) is 8.58. The zero-order valence-electron chi connectivity index (χ0n) is 13.3. The third-order valence-corrected chi connectivity index (χ3v) is 4.61. The lowest BCUT2D eigenvalue weighted by molar-refractivity contribution is 0.383. The zero-order chi connectivity index (χ0) is 14.6. The fourth-order valence-electron chi connectivity index (χ4n) is 2.46. The van der Waals surface area contributed by atoms with Crippen LogP contribution in [0.3, 0.4) is 0 Å². The van der Waals surface area contributed by atoms with Gasteiger partial charge in [-0.3, -0.25) is 0 Å². The third-order valence-electron chi connectivity index (χ3n) is 3.83. The van der Waals surface area contributed by atoms with E-state index in [2.05, 4.69) is 42.3 Å². The molecule has 0 radical (unpaired) electrons. The molecule has 4 nitrogen and oxygen atoms in total. The molecule has 0 saturated carbocycles. The Hall–Kier alpha value is -0.680. The van der Waals surface area contributed by atoms with Gasteiger partial charge in [0.15, 0.2) is 0 Å². The van der Waals surface area contributed by atoms with Gasteiger partial charge in [0.2, 0.25) is 5.13 Å². The molecular formula is C15H28N4S. The van der Waals surface area contributed by atoms with Gasteiger partial charge in [0.05, 0.1) is 0 Å². The van der Waals surface area contributed by atoms with E-state index < -0.39 is 0 Å². The molecule has 1 fully saturated rings. The van der Waals surface area contributed by atoms with E-state index in [-0.39, 0.29) is 5.41 Å². The van der Waals surface area contributed by atoms with Gasteiger partial charge in [-0.25, -0.2) is 4.98 Å². The molecule has 20 heavy (non-hydrogen) atoms. The molecule has 1 aliphatic rings. The molecule has 0 spiro atoms. The molecule has 0 atom stereocenters. The summed E-state index contributed by atoms with van der Waals surface area (Å²) in [5.41, 5.74) is 0.0527. The molecule has 5 heteroatoms. The van der Waals surface area contributed by atoms with Gasteiger partial charge in [0.25, 0.3) is 0 Å². The number of aromatic nitrogens is 2. The summed E-state index contributed by atoms with van der Waals surface area (Å²) < 4.78 is 4.52. The highest BCUT2D eigenvalue weighted by molar-refractivity contribution is 7.09. The maximum absolute atomic E-state index is 4.72. The monoisotopic (exact) mass is 296 g/mol. The van der Waals surface area contributed by atoms with Crippen molar-refractivity contribution in [1.82, 2.24) is 14.7 Å². The van der Waals surface area contributed by atoms with Crippen LogP contribution in [0.5, 0.6) is 0 Å². The van der Waals surface area contributed by atoms with Crippen LogP contribution in [0.15, 0.2) is 0 Å². The smallest absolute Gasteiger partial charge is 0.205 e. The van der Waals surface area contributed by atoms with Gasteiger partial charge in [-0.2, -0.15) is 4.37 Å². The highest BCUT2D eigenvalue weighted by atomic mass is 32.1. The molecular weight excluding hydrogens is 268 g/mol. The summed E-state index contributed by atoms with van der Waals surface area (Å²) in [4.78, 5) is 7.13. The van der Waals surface area contributed by atoms with Crippen LogP contribution in [0.1, 0.15) is 52.8 Å². The van der Waals surface area contributed by atoms with Gasteiger partial charge < -0.3 is 10.2 Å². The molecule has 1 aromatic rings. The molecule has 0 aliphatic carbocycles. The van der Waals surface area contributed by atoms with Gasteiger partial charge in [0, 0.05) is 30.0 Å². The molecule has 0 unspecified atom stereocenters. The Labute approximate surface area is 127 Å². The first-order chi connectivity index (χ1) is 9.50. The maximum atomic E-state index is 4.72. The fraction of sp³-hybridized carbons (Fsp3) is 0.867. The zero-order valence-corrected chi connectivity index (χ0v) is 14.1. The van der Waals surface area contributed by atoms with E-state index in [1.54, 1.807) is 11.5 Å². The van der Waals surface area contributed by atoms with Crippen molar-refractivity contribution in [2.24, 2.45) is 5.92 Å². The molecule has 0 amide bonds. The molecule has 1 aromatic heterocycles. The van der Waals surface area contributed by atoms with E-state index in [1.165, 1.54) is 25.8 Å². The number of hydrogen-bond acceptors (Lipinski definition) is 5. The topological polar surface area (TPSA) is 41.0 Å². The molecule has 0 bridgehead atoms. The van der Waals surface area contributed by atoms with E-state index in [9.17, 15) is 0 Å². The molecule has 2 heterocycles. The van der Waals surface area contributed by atoms with E-state index in [1.807, 2.05) is 0 Å². The Morgan fingerprint density at radius 1 is 1.30 bits per heavy atom. The first kappa shape index (κ1) is 15.7. The minimum absolute atomic E-state index is 0.0527. The number of nitrogens with zero attached hydrogens (tertiary/aromatic N) is 3. The summed E-state index contributed by atoms with van der Waals surface area (Å²) in [6.45, 7) is 13.3. The number of piperidine rings is 1. The summed E-state index contributed by atoms with van der Waals surface area (Å²) in [5.74, 6) is 1.80. The third kappa shape index (κ3) is 4.16. The summed E-state index contributed by atoms with van der Waals surface area (Å²) in [6.07, 6.45) is 3.75. The van der Waals surface area contributed by atoms with Crippen LogP contribution in [0.25, 0.3) is 0 Å². The molecule has 2 rings (SSSR count). The van der Waals surface area contributed by atoms with Crippen molar-refractivity contribution in [1.29, 1.82) is 0 Å². The Balaban J connectivity index is 1.83. The van der Waals surface area contributed by atoms with Gasteiger partial charge in [-0.1, -0.05) is 27.7 Å². The summed E-state index contributed by atoms with van der Waals surface area (Å²) >= 11 is 1.55. The van der Waals surface area contributed by atoms with E-state index in [4.69, 9.17) is 4.98 Å². The molecule has 1 N–H and O–H groups in total. The quantitative estimate of drug-likeness (QED) is 0.848. The predicted molar refractivity (Wildman–Crippen MR) is 86.7 cm³/mol. The van der Waals surface area contributed by atoms with Crippen molar-refractivity contribution >= 4 is 16.7 Å². The lowest BCUT2D eigenvalue weighted by Crippen LogP contribution is -2.37. The summed E-state index contributed by atoms with van der Waals surface area (Å²) in [6, 6.07) is 0. The Morgan fingerprint density at radius 3 is 2.55 bits per heavy atom. The van der Waals surface area contributed by atoms with Gasteiger partial charge in [-0.15, -0.1) is 0 Å². The van der Waals surface area contributed by atoms with Crippen molar-refractivity contribution in [3.63, 3.8) is 0 Å². The van der Waals surface area contributed by atoms with E-state index >= 15 is 0 Å². The van der Waals surface area contributed by atoms with Crippen LogP contribution in [-0.4, -0.2) is 35.5 Å². The van der Waals surface area contributed by atoms with Gasteiger partial charge >= 0.3 is 0 Å². The second kappa shape index (κ2) is 6.85. The largest absolute Gasteiger partial charge is 0.347 e. The predicted octanol–water partition coefficient (Wildman–Crippen LogP) is 3.05. The van der Waals surface area contributed by atoms with Crippen molar-refractivity contribution in [3.05, 3.63) is 5.82 Å². The SMILES string of the molecule is CCCNCC1CCN(c2nc(C(C)(C)C)ns2)CC1. The Morgan fingerprint density at radius 2 is 2.00 bits per heavy atom. The van der Waals surface area contributed by atoms with Gasteiger partial charge in [0.1, 0.15) is 5.82 Å². The highest BCUT2D eigenvalue weighted by Gasteiger charge is 2.24. The second-order valence-corrected chi connectivity index (χ2v) is 7.52. The summed E-state index contributed by atoms with van der Waals surface area (Å²) in [7, 11) is 0. The molecule has 1 saturated heterocycles. The fourth-order valence-corrected chi connectivity index (χ4v) is 3.37. The highest BCUT2D eigenvalue weighted by Crippen LogP contribution is 2.28. The van der Waals surface area contributed by atoms with Crippen molar-refractivity contribution in [3.8, 4) is 0 Å². The second-order valence-electron chi connectivity index (χ2n) is 6.79. The first-order valence-electron chi connectivity index (χ1n) is 7.80. The standard InChI is InChI=1S/C15H28N4S/c1-5-8-16-11-12-6-9-19(10-7-12)14-17-13(18-20-14)15(2,3)4/h12,16H,5-11H2,1-4H3. The summed E-state index contributed by atoms with van der Waals surface area (Å²) in [5, 5.41) is 4.65. The normalized spacial score (nSPS) is 17.7. The average Bonchev–Trinajstić information content (AvgIpc) is 2.89. The van der Waals surface area contributed by atoms with Crippen LogP contribution in [0, 0.1) is 5.92 Å². The van der Waals surface area contributed by atoms with Crippen molar-refractivity contribution < 1.29 is 0 Å². The van der Waals surface area contributed by atoms with Crippen molar-refractivity contribution in [2.75, 3.05) is 31.1 Å². The number of hydrogen-bond donors (Lipinski definition) is 1. The van der Waals surface area contributed by atoms with Crippen molar-refractivity contribution in [2.45, 2.75) is 52.4 Å². The van der Waals surface area contributed by atoms with Gasteiger partial charge in [-0.05, 0) is 38.3 Å². The lowest BCUT2D eigenvalue weighted by atomic mass is 9.96. The minimum atomic E-state index is 0.0527. The number of rotatable bonds is 5. The van der Waals surface area contributed by atoms with Crippen LogP contribution in [0.2, 0.25) is 0 Å². The van der Waals surface area contributed by atoms with Crippen LogP contribution >= 0.6 is 11.5 Å². The van der Waals surface area contributed by atoms with E-state index in [0.717, 1.165) is 36.5 Å². The lowest BCUT2D eigenvalue weighted by Gasteiger charge is -2.31. The van der Waals surface area contributed by atoms with Crippen LogP contribution in [-0.2, 0) is 5.41 Å². The molecule has 114 valence electrons. The van der Waals surface area contributed by atoms with Crippen LogP contribution < -0.4 is 10.2 Å². The molecule has 0 aromatic carbocycles. The minimum Gasteiger partial charge on any atom is -0.347 e. The Kier molecular flexibility index (Phi) is 5.38. The number of anilines is 1. The number of nitrogens with one attached hydrogen (secondary N) is 1. The average molecular weight is 296 g/mol.